The maximum atomic E-state index is 12.4. The maximum absolute atomic E-state index is 12.4. The number of carbonyl (C=O) groups excluding carboxylic acids is 2. The molecule has 0 heterocycles. The summed E-state index contributed by atoms with van der Waals surface area (Å²) in [5.74, 6) is 1.92. The van der Waals surface area contributed by atoms with Crippen molar-refractivity contribution < 1.29 is 9.59 Å². The minimum absolute atomic E-state index is 0.0656. The largest absolute Gasteiger partial charge is 0.299 e. The molecule has 0 aromatic rings. The summed E-state index contributed by atoms with van der Waals surface area (Å²) in [5.41, 5.74) is 4.35. The molecule has 0 spiro atoms. The van der Waals surface area contributed by atoms with Gasteiger partial charge in [-0.2, -0.15) is 0 Å². The summed E-state index contributed by atoms with van der Waals surface area (Å²) >= 11 is 2.58. The van der Waals surface area contributed by atoms with E-state index in [2.05, 4.69) is 29.5 Å². The van der Waals surface area contributed by atoms with Crippen molar-refractivity contribution in [2.75, 3.05) is 0 Å². The fraction of sp³-hybridized carbons (Fsp3) is 0.667. The van der Waals surface area contributed by atoms with Crippen LogP contribution >= 0.6 is 22.6 Å². The van der Waals surface area contributed by atoms with Crippen molar-refractivity contribution in [3.8, 4) is 0 Å². The lowest BCUT2D eigenvalue weighted by Crippen LogP contribution is -2.44. The molecule has 2 nitrogen and oxygen atoms in total. The number of Topliss-reactive ketones (excluding diaryl/α,β-unsaturated/α-hetero) is 1. The van der Waals surface area contributed by atoms with E-state index in [1.54, 1.807) is 5.57 Å². The molecule has 2 saturated carbocycles. The van der Waals surface area contributed by atoms with Gasteiger partial charge in [0.05, 0.1) is 0 Å². The molecule has 0 N–H and O–H groups in total. The predicted molar refractivity (Wildman–Crippen MR) is 90.3 cm³/mol. The first-order valence-electron chi connectivity index (χ1n) is 8.14. The Morgan fingerprint density at radius 3 is 2.81 bits per heavy atom. The van der Waals surface area contributed by atoms with Crippen molar-refractivity contribution in [3.63, 3.8) is 0 Å². The highest BCUT2D eigenvalue weighted by atomic mass is 127. The van der Waals surface area contributed by atoms with E-state index >= 15 is 0 Å². The van der Waals surface area contributed by atoms with Crippen molar-refractivity contribution in [1.82, 2.24) is 0 Å². The molecule has 2 unspecified atom stereocenters. The van der Waals surface area contributed by atoms with Gasteiger partial charge < -0.3 is 0 Å². The van der Waals surface area contributed by atoms with Crippen molar-refractivity contribution in [2.45, 2.75) is 55.8 Å². The van der Waals surface area contributed by atoms with Gasteiger partial charge in [-0.25, -0.2) is 0 Å². The molecule has 0 amide bonds. The quantitative estimate of drug-likeness (QED) is 0.455. The minimum Gasteiger partial charge on any atom is -0.299 e. The first-order valence-corrected chi connectivity index (χ1v) is 9.38. The Morgan fingerprint density at radius 1 is 1.19 bits per heavy atom. The van der Waals surface area contributed by atoms with E-state index < -0.39 is 0 Å². The number of hydrogen-bond acceptors (Lipinski definition) is 2. The van der Waals surface area contributed by atoms with Gasteiger partial charge in [-0.3, -0.25) is 9.59 Å². The fourth-order valence-electron chi connectivity index (χ4n) is 5.27. The van der Waals surface area contributed by atoms with Crippen molar-refractivity contribution in [2.24, 2.45) is 17.3 Å². The number of halogens is 1. The van der Waals surface area contributed by atoms with Gasteiger partial charge in [-0.15, -0.1) is 0 Å². The van der Waals surface area contributed by atoms with Gasteiger partial charge in [0.25, 0.3) is 0 Å². The average Bonchev–Trinajstić information content (AvgIpc) is 2.74. The minimum atomic E-state index is -0.0656. The lowest BCUT2D eigenvalue weighted by Gasteiger charge is -2.48. The summed E-state index contributed by atoms with van der Waals surface area (Å²) in [6.45, 7) is 2.22. The second-order valence-corrected chi connectivity index (χ2v) is 8.97. The van der Waals surface area contributed by atoms with Crippen LogP contribution in [0.2, 0.25) is 0 Å². The van der Waals surface area contributed by atoms with E-state index in [1.807, 2.05) is 6.08 Å². The molecule has 0 saturated heterocycles. The van der Waals surface area contributed by atoms with Gasteiger partial charge in [0, 0.05) is 22.2 Å². The lowest BCUT2D eigenvalue weighted by molar-refractivity contribution is -0.128. The third kappa shape index (κ3) is 1.95. The smallest absolute Gasteiger partial charge is 0.156 e. The Hall–Kier alpha value is -0.450. The van der Waals surface area contributed by atoms with E-state index in [0.717, 1.165) is 38.5 Å². The van der Waals surface area contributed by atoms with Crippen molar-refractivity contribution >= 4 is 34.2 Å². The van der Waals surface area contributed by atoms with Crippen LogP contribution in [0.4, 0.5) is 0 Å². The van der Waals surface area contributed by atoms with E-state index in [0.29, 0.717) is 33.7 Å². The Morgan fingerprint density at radius 2 is 2.00 bits per heavy atom. The molecular formula is C18H21IO2. The topological polar surface area (TPSA) is 34.1 Å². The van der Waals surface area contributed by atoms with Gasteiger partial charge in [0.1, 0.15) is 5.78 Å². The van der Waals surface area contributed by atoms with Gasteiger partial charge >= 0.3 is 0 Å². The molecule has 4 aliphatic carbocycles. The van der Waals surface area contributed by atoms with E-state index in [-0.39, 0.29) is 5.41 Å². The normalized spacial score (nSPS) is 42.4. The predicted octanol–water partition coefficient (Wildman–Crippen LogP) is 4.18. The van der Waals surface area contributed by atoms with Crippen LogP contribution in [0.25, 0.3) is 0 Å². The zero-order valence-electron chi connectivity index (χ0n) is 12.5. The molecule has 4 rings (SSSR count). The Labute approximate surface area is 139 Å². The first-order chi connectivity index (χ1) is 10.0. The van der Waals surface area contributed by atoms with Crippen LogP contribution in [-0.2, 0) is 9.59 Å². The number of fused-ring (bicyclic) bond motifs is 4. The molecule has 0 radical (unpaired) electrons. The van der Waals surface area contributed by atoms with Crippen LogP contribution in [-0.4, -0.2) is 15.5 Å². The van der Waals surface area contributed by atoms with Crippen LogP contribution in [0.1, 0.15) is 51.9 Å². The fourth-order valence-corrected chi connectivity index (χ4v) is 6.68. The average molecular weight is 396 g/mol. The molecule has 2 fully saturated rings. The number of carbonyl (C=O) groups is 2. The number of alkyl halides is 1. The molecule has 4 atom stereocenters. The summed E-state index contributed by atoms with van der Waals surface area (Å²) in [5, 5.41) is 0. The zero-order chi connectivity index (χ0) is 14.8. The highest BCUT2D eigenvalue weighted by Gasteiger charge is 2.55. The maximum Gasteiger partial charge on any atom is 0.156 e. The van der Waals surface area contributed by atoms with Crippen LogP contribution in [0, 0.1) is 17.3 Å². The molecule has 0 bridgehead atoms. The standard InChI is InChI=1S/C18H21IO2/c1-18-7-6-13-12-3-2-11(20)8-10(12)9-15(19)17(13)14(18)4-5-16(18)21/h8,14-15,17H,2-7,9H2,1H3/t14?,15-,17?,18+/m1/s1. The SMILES string of the molecule is C[C@]12CCC3=C4CCC(=O)C=C4C[C@@H](I)C3C1CCC2=O. The number of hydrogen-bond donors (Lipinski definition) is 0. The van der Waals surface area contributed by atoms with Crippen LogP contribution in [0.5, 0.6) is 0 Å². The lowest BCUT2D eigenvalue weighted by atomic mass is 9.57. The molecule has 21 heavy (non-hydrogen) atoms. The highest BCUT2D eigenvalue weighted by molar-refractivity contribution is 14.1. The van der Waals surface area contributed by atoms with Crippen molar-refractivity contribution in [3.05, 3.63) is 22.8 Å². The summed E-state index contributed by atoms with van der Waals surface area (Å²) in [4.78, 5) is 24.1. The summed E-state index contributed by atoms with van der Waals surface area (Å²) in [6.07, 6.45) is 8.51. The third-order valence-corrected chi connectivity index (χ3v) is 7.64. The number of rotatable bonds is 0. The van der Waals surface area contributed by atoms with E-state index in [4.69, 9.17) is 0 Å². The monoisotopic (exact) mass is 396 g/mol. The molecule has 3 heteroatoms. The van der Waals surface area contributed by atoms with Gasteiger partial charge in [0.2, 0.25) is 0 Å². The number of ketones is 2. The van der Waals surface area contributed by atoms with Gasteiger partial charge in [-0.05, 0) is 61.2 Å². The molecule has 0 aromatic heterocycles. The van der Waals surface area contributed by atoms with Crippen LogP contribution in [0.3, 0.4) is 0 Å². The zero-order valence-corrected chi connectivity index (χ0v) is 14.6. The number of allylic oxidation sites excluding steroid dienone is 4. The van der Waals surface area contributed by atoms with Crippen molar-refractivity contribution in [1.29, 1.82) is 0 Å². The Bertz CT molecular complexity index is 600. The first kappa shape index (κ1) is 14.2. The van der Waals surface area contributed by atoms with E-state index in [1.165, 1.54) is 11.1 Å². The molecule has 0 aliphatic heterocycles. The Kier molecular flexibility index (Phi) is 3.22. The van der Waals surface area contributed by atoms with Gasteiger partial charge in [-0.1, -0.05) is 35.1 Å². The third-order valence-electron chi connectivity index (χ3n) is 6.42. The molecular weight excluding hydrogens is 375 g/mol. The van der Waals surface area contributed by atoms with E-state index in [9.17, 15) is 9.59 Å². The highest BCUT2D eigenvalue weighted by Crippen LogP contribution is 2.59. The van der Waals surface area contributed by atoms with Gasteiger partial charge in [0.15, 0.2) is 5.78 Å². The van der Waals surface area contributed by atoms with Crippen LogP contribution < -0.4 is 0 Å². The summed E-state index contributed by atoms with van der Waals surface area (Å²) < 4.78 is 0.550. The molecule has 4 aliphatic rings. The Balaban J connectivity index is 1.80. The second kappa shape index (κ2) is 4.77. The molecule has 0 aromatic carbocycles. The summed E-state index contributed by atoms with van der Waals surface area (Å²) in [7, 11) is 0. The summed E-state index contributed by atoms with van der Waals surface area (Å²) in [6, 6.07) is 0. The van der Waals surface area contributed by atoms with Crippen LogP contribution in [0.15, 0.2) is 22.8 Å². The molecule has 112 valence electrons. The second-order valence-electron chi connectivity index (χ2n) is 7.37.